The van der Waals surface area contributed by atoms with Crippen molar-refractivity contribution in [3.8, 4) is 22.8 Å². The molecule has 6 nitrogen and oxygen atoms in total. The Morgan fingerprint density at radius 3 is 2.70 bits per heavy atom. The van der Waals surface area contributed by atoms with Crippen LogP contribution in [0.1, 0.15) is 17.4 Å². The molecule has 0 aliphatic heterocycles. The number of esters is 1. The molecule has 0 bridgehead atoms. The van der Waals surface area contributed by atoms with Crippen molar-refractivity contribution in [1.29, 1.82) is 0 Å². The molecule has 0 atom stereocenters. The van der Waals surface area contributed by atoms with E-state index >= 15 is 0 Å². The minimum absolute atomic E-state index is 0.117. The Morgan fingerprint density at radius 2 is 2.05 bits per heavy atom. The molecular formula is C14H15NO5. The lowest BCUT2D eigenvalue weighted by molar-refractivity contribution is 0.0514. The predicted octanol–water partition coefficient (Wildman–Crippen LogP) is 2.54. The van der Waals surface area contributed by atoms with Gasteiger partial charge in [-0.1, -0.05) is 5.16 Å². The first-order valence-electron chi connectivity index (χ1n) is 6.05. The van der Waals surface area contributed by atoms with Gasteiger partial charge in [0.05, 0.1) is 26.4 Å². The number of nitrogens with zero attached hydrogens (tertiary/aromatic N) is 1. The molecule has 0 radical (unpaired) electrons. The van der Waals surface area contributed by atoms with E-state index in [1.807, 2.05) is 0 Å². The number of methoxy groups -OCH3 is 2. The largest absolute Gasteiger partial charge is 0.497 e. The van der Waals surface area contributed by atoms with Crippen LogP contribution in [0.3, 0.4) is 0 Å². The number of hydrogen-bond acceptors (Lipinski definition) is 6. The van der Waals surface area contributed by atoms with Crippen molar-refractivity contribution in [1.82, 2.24) is 5.16 Å². The van der Waals surface area contributed by atoms with Crippen LogP contribution in [-0.4, -0.2) is 32.0 Å². The number of rotatable bonds is 5. The lowest BCUT2D eigenvalue weighted by Gasteiger charge is -2.07. The minimum atomic E-state index is -0.524. The summed E-state index contributed by atoms with van der Waals surface area (Å²) < 4.78 is 20.5. The van der Waals surface area contributed by atoms with Gasteiger partial charge in [0.25, 0.3) is 0 Å². The molecular weight excluding hydrogens is 262 g/mol. The predicted molar refractivity (Wildman–Crippen MR) is 71.0 cm³/mol. The maximum atomic E-state index is 11.6. The second-order valence-electron chi connectivity index (χ2n) is 3.86. The summed E-state index contributed by atoms with van der Waals surface area (Å²) in [5.41, 5.74) is 0.765. The van der Waals surface area contributed by atoms with Gasteiger partial charge in [0.1, 0.15) is 11.5 Å². The maximum Gasteiger partial charge on any atom is 0.360 e. The quantitative estimate of drug-likeness (QED) is 0.782. The number of carbonyl (C=O) groups is 1. The Labute approximate surface area is 116 Å². The first kappa shape index (κ1) is 13.9. The molecule has 106 valence electrons. The molecule has 1 aromatic carbocycles. The number of ether oxygens (including phenoxy) is 3. The molecule has 2 rings (SSSR count). The third-order valence-corrected chi connectivity index (χ3v) is 2.67. The van der Waals surface area contributed by atoms with E-state index in [2.05, 4.69) is 5.16 Å². The van der Waals surface area contributed by atoms with Gasteiger partial charge in [-0.3, -0.25) is 0 Å². The summed E-state index contributed by atoms with van der Waals surface area (Å²) in [6, 6.07) is 6.77. The van der Waals surface area contributed by atoms with Gasteiger partial charge in [-0.2, -0.15) is 0 Å². The fourth-order valence-electron chi connectivity index (χ4n) is 1.71. The summed E-state index contributed by atoms with van der Waals surface area (Å²) in [4.78, 5) is 11.6. The van der Waals surface area contributed by atoms with Gasteiger partial charge in [0.15, 0.2) is 11.5 Å². The fraction of sp³-hybridized carbons (Fsp3) is 0.286. The molecule has 1 aromatic heterocycles. The second kappa shape index (κ2) is 6.10. The molecule has 0 saturated carbocycles. The molecule has 0 aliphatic carbocycles. The molecule has 0 fully saturated rings. The summed E-state index contributed by atoms with van der Waals surface area (Å²) in [6.07, 6.45) is 0. The van der Waals surface area contributed by atoms with Crippen LogP contribution in [0.2, 0.25) is 0 Å². The van der Waals surface area contributed by atoms with Gasteiger partial charge in [0.2, 0.25) is 0 Å². The van der Waals surface area contributed by atoms with Gasteiger partial charge in [-0.15, -0.1) is 0 Å². The number of carbonyl (C=O) groups excluding carboxylic acids is 1. The number of benzene rings is 1. The van der Waals surface area contributed by atoms with Gasteiger partial charge >= 0.3 is 5.97 Å². The van der Waals surface area contributed by atoms with E-state index < -0.39 is 5.97 Å². The van der Waals surface area contributed by atoms with E-state index in [0.29, 0.717) is 22.8 Å². The van der Waals surface area contributed by atoms with Crippen LogP contribution >= 0.6 is 0 Å². The number of aromatic nitrogens is 1. The third-order valence-electron chi connectivity index (χ3n) is 2.67. The van der Waals surface area contributed by atoms with Crippen LogP contribution in [0.4, 0.5) is 0 Å². The summed E-state index contributed by atoms with van der Waals surface area (Å²) in [5.74, 6) is 1.13. The van der Waals surface area contributed by atoms with Crippen LogP contribution in [0.25, 0.3) is 11.3 Å². The standard InChI is InChI=1S/C14H15NO5/c1-4-19-14(16)11-8-13(20-15-11)10-7-9(17-2)5-6-12(10)18-3/h5-8H,4H2,1-3H3. The average molecular weight is 277 g/mol. The average Bonchev–Trinajstić information content (AvgIpc) is 2.96. The van der Waals surface area contributed by atoms with E-state index in [1.165, 1.54) is 6.07 Å². The van der Waals surface area contributed by atoms with E-state index in [1.54, 1.807) is 39.3 Å². The van der Waals surface area contributed by atoms with Crippen LogP contribution in [0.5, 0.6) is 11.5 Å². The minimum Gasteiger partial charge on any atom is -0.497 e. The summed E-state index contributed by atoms with van der Waals surface area (Å²) in [5, 5.41) is 3.70. The van der Waals surface area contributed by atoms with Gasteiger partial charge < -0.3 is 18.7 Å². The molecule has 2 aromatic rings. The normalized spacial score (nSPS) is 10.2. The summed E-state index contributed by atoms with van der Waals surface area (Å²) in [6.45, 7) is 2.01. The highest BCUT2D eigenvalue weighted by atomic mass is 16.5. The van der Waals surface area contributed by atoms with Crippen molar-refractivity contribution in [3.63, 3.8) is 0 Å². The van der Waals surface area contributed by atoms with Gasteiger partial charge in [-0.05, 0) is 25.1 Å². The highest BCUT2D eigenvalue weighted by molar-refractivity contribution is 5.88. The molecule has 1 heterocycles. The fourth-order valence-corrected chi connectivity index (χ4v) is 1.71. The lowest BCUT2D eigenvalue weighted by atomic mass is 10.1. The van der Waals surface area contributed by atoms with Crippen molar-refractivity contribution in [2.24, 2.45) is 0 Å². The molecule has 20 heavy (non-hydrogen) atoms. The Hall–Kier alpha value is -2.50. The topological polar surface area (TPSA) is 70.8 Å². The zero-order valence-corrected chi connectivity index (χ0v) is 11.5. The highest BCUT2D eigenvalue weighted by Crippen LogP contribution is 2.33. The molecule has 0 unspecified atom stereocenters. The number of hydrogen-bond donors (Lipinski definition) is 0. The first-order valence-corrected chi connectivity index (χ1v) is 6.05. The van der Waals surface area contributed by atoms with Crippen LogP contribution in [0.15, 0.2) is 28.8 Å². The van der Waals surface area contributed by atoms with Crippen molar-refractivity contribution >= 4 is 5.97 Å². The Bertz CT molecular complexity index is 605. The molecule has 0 aliphatic rings. The molecule has 0 saturated heterocycles. The van der Waals surface area contributed by atoms with Gasteiger partial charge in [-0.25, -0.2) is 4.79 Å². The van der Waals surface area contributed by atoms with Crippen molar-refractivity contribution < 1.29 is 23.5 Å². The first-order chi connectivity index (χ1) is 9.69. The highest BCUT2D eigenvalue weighted by Gasteiger charge is 2.17. The zero-order chi connectivity index (χ0) is 14.5. The summed E-state index contributed by atoms with van der Waals surface area (Å²) >= 11 is 0. The molecule has 0 spiro atoms. The second-order valence-corrected chi connectivity index (χ2v) is 3.86. The van der Waals surface area contributed by atoms with Crippen LogP contribution < -0.4 is 9.47 Å². The van der Waals surface area contributed by atoms with E-state index in [-0.39, 0.29) is 12.3 Å². The Morgan fingerprint density at radius 1 is 1.25 bits per heavy atom. The molecule has 0 N–H and O–H groups in total. The van der Waals surface area contributed by atoms with Crippen LogP contribution in [0, 0.1) is 0 Å². The Kier molecular flexibility index (Phi) is 4.24. The van der Waals surface area contributed by atoms with E-state index in [0.717, 1.165) is 0 Å². The van der Waals surface area contributed by atoms with Crippen molar-refractivity contribution in [2.75, 3.05) is 20.8 Å². The smallest absolute Gasteiger partial charge is 0.360 e. The Balaban J connectivity index is 2.38. The third kappa shape index (κ3) is 2.74. The van der Waals surface area contributed by atoms with E-state index in [4.69, 9.17) is 18.7 Å². The SMILES string of the molecule is CCOC(=O)c1cc(-c2cc(OC)ccc2OC)on1. The maximum absolute atomic E-state index is 11.6. The van der Waals surface area contributed by atoms with Gasteiger partial charge in [0, 0.05) is 6.07 Å². The lowest BCUT2D eigenvalue weighted by Crippen LogP contribution is -2.04. The summed E-state index contributed by atoms with van der Waals surface area (Å²) in [7, 11) is 3.12. The molecule has 0 amide bonds. The monoisotopic (exact) mass is 277 g/mol. The van der Waals surface area contributed by atoms with Crippen LogP contribution in [-0.2, 0) is 4.74 Å². The zero-order valence-electron chi connectivity index (χ0n) is 11.5. The van der Waals surface area contributed by atoms with Crippen molar-refractivity contribution in [3.05, 3.63) is 30.0 Å². The van der Waals surface area contributed by atoms with Crippen molar-refractivity contribution in [2.45, 2.75) is 6.92 Å². The molecule has 6 heteroatoms. The van der Waals surface area contributed by atoms with E-state index in [9.17, 15) is 4.79 Å².